The Morgan fingerprint density at radius 1 is 1.29 bits per heavy atom. The van der Waals surface area contributed by atoms with Gasteiger partial charge in [0.1, 0.15) is 19.0 Å². The van der Waals surface area contributed by atoms with Gasteiger partial charge in [-0.05, 0) is 0 Å². The number of halogens is 3. The van der Waals surface area contributed by atoms with E-state index in [0.29, 0.717) is 5.69 Å². The van der Waals surface area contributed by atoms with Gasteiger partial charge in [0.05, 0.1) is 12.3 Å². The van der Waals surface area contributed by atoms with E-state index in [1.807, 2.05) is 0 Å². The molecule has 8 heteroatoms. The molecule has 0 aliphatic heterocycles. The zero-order valence-corrected chi connectivity index (χ0v) is 9.12. The fourth-order valence-corrected chi connectivity index (χ4v) is 1.12. The van der Waals surface area contributed by atoms with Crippen molar-refractivity contribution in [2.45, 2.75) is 19.4 Å². The first-order valence-corrected chi connectivity index (χ1v) is 4.66. The van der Waals surface area contributed by atoms with Crippen molar-refractivity contribution >= 4 is 5.82 Å². The third-order valence-electron chi connectivity index (χ3n) is 1.63. The molecule has 1 heterocycles. The van der Waals surface area contributed by atoms with Crippen LogP contribution < -0.4 is 5.73 Å². The number of alkyl halides is 3. The van der Waals surface area contributed by atoms with E-state index in [1.54, 1.807) is 0 Å². The Balaban J connectivity index is 2.58. The molecule has 1 aromatic heterocycles. The lowest BCUT2D eigenvalue weighted by Gasteiger charge is -2.08. The second-order valence-electron chi connectivity index (χ2n) is 3.24. The third-order valence-corrected chi connectivity index (χ3v) is 1.63. The third kappa shape index (κ3) is 5.45. The number of aromatic nitrogens is 2. The molecule has 1 rings (SSSR count). The Labute approximate surface area is 95.8 Å². The highest BCUT2D eigenvalue weighted by atomic mass is 19.4. The molecule has 0 aliphatic rings. The minimum atomic E-state index is -4.37. The number of nitrogen functional groups attached to an aromatic ring is 1. The van der Waals surface area contributed by atoms with Crippen LogP contribution in [0.25, 0.3) is 0 Å². The number of methoxy groups -OCH3 is 1. The molecule has 1 aromatic rings. The van der Waals surface area contributed by atoms with Gasteiger partial charge in [0.2, 0.25) is 0 Å². The van der Waals surface area contributed by atoms with Gasteiger partial charge in [0.25, 0.3) is 0 Å². The molecule has 0 amide bonds. The van der Waals surface area contributed by atoms with Gasteiger partial charge in [-0.15, -0.1) is 0 Å². The van der Waals surface area contributed by atoms with Crippen LogP contribution in [0, 0.1) is 0 Å². The van der Waals surface area contributed by atoms with Gasteiger partial charge in [0, 0.05) is 13.2 Å². The predicted molar refractivity (Wildman–Crippen MR) is 52.9 cm³/mol. The zero-order chi connectivity index (χ0) is 12.9. The van der Waals surface area contributed by atoms with Gasteiger partial charge in [-0.3, -0.25) is 0 Å². The van der Waals surface area contributed by atoms with E-state index in [-0.39, 0.29) is 24.9 Å². The first kappa shape index (κ1) is 13.7. The van der Waals surface area contributed by atoms with Crippen LogP contribution >= 0.6 is 0 Å². The van der Waals surface area contributed by atoms with Crippen molar-refractivity contribution in [3.8, 4) is 0 Å². The van der Waals surface area contributed by atoms with Crippen molar-refractivity contribution in [2.75, 3.05) is 19.5 Å². The molecular formula is C9H12F3N3O2. The van der Waals surface area contributed by atoms with E-state index in [9.17, 15) is 13.2 Å². The zero-order valence-electron chi connectivity index (χ0n) is 9.12. The quantitative estimate of drug-likeness (QED) is 0.853. The van der Waals surface area contributed by atoms with Crippen LogP contribution in [0.1, 0.15) is 11.5 Å². The Kier molecular flexibility index (Phi) is 4.64. The topological polar surface area (TPSA) is 70.3 Å². The molecule has 0 bridgehead atoms. The fraction of sp³-hybridized carbons (Fsp3) is 0.556. The highest BCUT2D eigenvalue weighted by molar-refractivity contribution is 5.29. The van der Waals surface area contributed by atoms with Crippen molar-refractivity contribution in [1.82, 2.24) is 9.97 Å². The van der Waals surface area contributed by atoms with E-state index in [4.69, 9.17) is 10.5 Å². The van der Waals surface area contributed by atoms with Gasteiger partial charge in [0.15, 0.2) is 5.82 Å². The number of anilines is 1. The smallest absolute Gasteiger partial charge is 0.384 e. The molecule has 0 spiro atoms. The van der Waals surface area contributed by atoms with Crippen LogP contribution in [-0.2, 0) is 22.7 Å². The lowest BCUT2D eigenvalue weighted by Crippen LogP contribution is -2.17. The summed E-state index contributed by atoms with van der Waals surface area (Å²) in [5.41, 5.74) is 5.95. The monoisotopic (exact) mass is 251 g/mol. The van der Waals surface area contributed by atoms with Crippen molar-refractivity contribution < 1.29 is 22.6 Å². The first-order valence-electron chi connectivity index (χ1n) is 4.66. The Bertz CT molecular complexity index is 371. The van der Waals surface area contributed by atoms with Crippen molar-refractivity contribution in [1.29, 1.82) is 0 Å². The molecule has 2 N–H and O–H groups in total. The summed E-state index contributed by atoms with van der Waals surface area (Å²) >= 11 is 0. The lowest BCUT2D eigenvalue weighted by molar-refractivity contribution is -0.177. The number of ether oxygens (including phenoxy) is 2. The average molecular weight is 251 g/mol. The van der Waals surface area contributed by atoms with E-state index < -0.39 is 12.8 Å². The maximum Gasteiger partial charge on any atom is 0.411 e. The Morgan fingerprint density at radius 2 is 2.00 bits per heavy atom. The number of hydrogen-bond acceptors (Lipinski definition) is 5. The molecule has 0 fully saturated rings. The standard InChI is InChI=1S/C9H12F3N3O2/c1-16-3-6-2-7(13)15-8(14-6)4-17-5-9(10,11)12/h2H,3-5H2,1H3,(H2,13,14,15). The van der Waals surface area contributed by atoms with Crippen molar-refractivity contribution in [2.24, 2.45) is 0 Å². The molecule has 0 aliphatic carbocycles. The van der Waals surface area contributed by atoms with Crippen LogP contribution in [0.15, 0.2) is 6.07 Å². The van der Waals surface area contributed by atoms with Gasteiger partial charge < -0.3 is 15.2 Å². The van der Waals surface area contributed by atoms with Crippen molar-refractivity contribution in [3.05, 3.63) is 17.6 Å². The molecule has 96 valence electrons. The minimum Gasteiger partial charge on any atom is -0.384 e. The summed E-state index contributed by atoms with van der Waals surface area (Å²) in [5.74, 6) is 0.263. The fourth-order valence-electron chi connectivity index (χ4n) is 1.12. The molecule has 17 heavy (non-hydrogen) atoms. The molecule has 0 saturated heterocycles. The summed E-state index contributed by atoms with van der Waals surface area (Å²) in [6.07, 6.45) is -4.37. The number of hydrogen-bond donors (Lipinski definition) is 1. The summed E-state index contributed by atoms with van der Waals surface area (Å²) in [5, 5.41) is 0. The SMILES string of the molecule is COCc1cc(N)nc(COCC(F)(F)F)n1. The number of rotatable bonds is 5. The summed E-state index contributed by atoms with van der Waals surface area (Å²) in [4.78, 5) is 7.69. The van der Waals surface area contributed by atoms with Gasteiger partial charge in [-0.25, -0.2) is 9.97 Å². The van der Waals surface area contributed by atoms with Gasteiger partial charge in [-0.1, -0.05) is 0 Å². The molecule has 0 radical (unpaired) electrons. The van der Waals surface area contributed by atoms with E-state index >= 15 is 0 Å². The van der Waals surface area contributed by atoms with E-state index in [0.717, 1.165) is 0 Å². The predicted octanol–water partition coefficient (Wildman–Crippen LogP) is 1.28. The first-order chi connectivity index (χ1) is 7.90. The van der Waals surface area contributed by atoms with E-state index in [1.165, 1.54) is 13.2 Å². The number of nitrogens with two attached hydrogens (primary N) is 1. The summed E-state index contributed by atoms with van der Waals surface area (Å²) in [6.45, 7) is -1.48. The van der Waals surface area contributed by atoms with Crippen molar-refractivity contribution in [3.63, 3.8) is 0 Å². The van der Waals surface area contributed by atoms with Crippen LogP contribution in [0.3, 0.4) is 0 Å². The van der Waals surface area contributed by atoms with Gasteiger partial charge >= 0.3 is 6.18 Å². The molecule has 0 unspecified atom stereocenters. The summed E-state index contributed by atoms with van der Waals surface area (Å²) in [7, 11) is 1.47. The Hall–Kier alpha value is -1.41. The lowest BCUT2D eigenvalue weighted by atomic mass is 10.4. The Morgan fingerprint density at radius 3 is 2.59 bits per heavy atom. The van der Waals surface area contributed by atoms with Gasteiger partial charge in [-0.2, -0.15) is 13.2 Å². The maximum atomic E-state index is 11.8. The second-order valence-corrected chi connectivity index (χ2v) is 3.24. The second kappa shape index (κ2) is 5.78. The molecular weight excluding hydrogens is 239 g/mol. The minimum absolute atomic E-state index is 0.0984. The normalized spacial score (nSPS) is 11.8. The molecule has 0 aromatic carbocycles. The largest absolute Gasteiger partial charge is 0.411 e. The summed E-state index contributed by atoms with van der Waals surface area (Å²) in [6, 6.07) is 1.48. The van der Waals surface area contributed by atoms with Crippen LogP contribution in [0.5, 0.6) is 0 Å². The number of nitrogens with zero attached hydrogens (tertiary/aromatic N) is 2. The maximum absolute atomic E-state index is 11.8. The van der Waals surface area contributed by atoms with E-state index in [2.05, 4.69) is 14.7 Å². The highest BCUT2D eigenvalue weighted by Gasteiger charge is 2.27. The van der Waals surface area contributed by atoms with Crippen LogP contribution in [-0.4, -0.2) is 29.9 Å². The molecule has 5 nitrogen and oxygen atoms in total. The molecule has 0 atom stereocenters. The van der Waals surface area contributed by atoms with Crippen LogP contribution in [0.2, 0.25) is 0 Å². The van der Waals surface area contributed by atoms with Crippen LogP contribution in [0.4, 0.5) is 19.0 Å². The summed E-state index contributed by atoms with van der Waals surface area (Å²) < 4.78 is 44.7. The average Bonchev–Trinajstić information content (AvgIpc) is 2.15. The highest BCUT2D eigenvalue weighted by Crippen LogP contribution is 2.15. The molecule has 0 saturated carbocycles.